The summed E-state index contributed by atoms with van der Waals surface area (Å²) in [7, 11) is -0.312. The Morgan fingerprint density at radius 1 is 1.20 bits per heavy atom. The Morgan fingerprint density at radius 3 is 2.46 bits per heavy atom. The molecule has 1 aliphatic rings. The van der Waals surface area contributed by atoms with Crippen molar-refractivity contribution in [2.24, 2.45) is 10.2 Å². The van der Waals surface area contributed by atoms with Crippen LogP contribution in [-0.4, -0.2) is 50.6 Å². The van der Waals surface area contributed by atoms with Gasteiger partial charge in [0.1, 0.15) is 17.6 Å². The molecule has 3 aromatic rings. The van der Waals surface area contributed by atoms with Crippen LogP contribution in [0.15, 0.2) is 81.3 Å². The molecule has 184 valence electrons. The maximum atomic E-state index is 13.4. The van der Waals surface area contributed by atoms with E-state index in [-0.39, 0.29) is 29.4 Å². The van der Waals surface area contributed by atoms with Gasteiger partial charge in [0.15, 0.2) is 0 Å². The molecule has 35 heavy (non-hydrogen) atoms. The van der Waals surface area contributed by atoms with Crippen LogP contribution in [0.25, 0.3) is 0 Å². The lowest BCUT2D eigenvalue weighted by Gasteiger charge is -2.27. The summed E-state index contributed by atoms with van der Waals surface area (Å²) in [6.45, 7) is 2.05. The van der Waals surface area contributed by atoms with Crippen LogP contribution in [0.2, 0.25) is 0 Å². The Kier molecular flexibility index (Phi) is 7.06. The molecule has 0 fully saturated rings. The minimum Gasteiger partial charge on any atom is -0.497 e. The number of likely N-dealkylation sites (N-methyl/N-ethyl adjacent to an activating group) is 1. The first-order valence-corrected chi connectivity index (χ1v) is 12.6. The van der Waals surface area contributed by atoms with E-state index in [2.05, 4.69) is 5.10 Å². The summed E-state index contributed by atoms with van der Waals surface area (Å²) in [5.74, 6) is 1.24. The van der Waals surface area contributed by atoms with Gasteiger partial charge in [0.05, 0.1) is 30.5 Å². The second-order valence-corrected chi connectivity index (χ2v) is 10.0. The number of ether oxygens (including phenoxy) is 1. The van der Waals surface area contributed by atoms with Crippen molar-refractivity contribution in [3.8, 4) is 5.75 Å². The number of nitrogens with two attached hydrogens (primary N) is 1. The van der Waals surface area contributed by atoms with E-state index in [0.29, 0.717) is 12.2 Å². The van der Waals surface area contributed by atoms with Gasteiger partial charge in [0.2, 0.25) is 10.0 Å². The molecule has 2 N–H and O–H groups in total. The normalized spacial score (nSPS) is 16.9. The molecule has 0 unspecified atom stereocenters. The van der Waals surface area contributed by atoms with Crippen LogP contribution in [0.1, 0.15) is 42.3 Å². The summed E-state index contributed by atoms with van der Waals surface area (Å²) < 4.78 is 33.9. The summed E-state index contributed by atoms with van der Waals surface area (Å²) in [6.07, 6.45) is 2.11. The highest BCUT2D eigenvalue weighted by Gasteiger charge is 2.35. The molecule has 0 saturated heterocycles. The maximum absolute atomic E-state index is 13.4. The van der Waals surface area contributed by atoms with E-state index < -0.39 is 10.0 Å². The molecule has 0 aliphatic carbocycles. The smallest absolute Gasteiger partial charge is 0.257 e. The van der Waals surface area contributed by atoms with Crippen LogP contribution in [0.4, 0.5) is 0 Å². The SMILES string of the molecule is COc1ccc(C2=NN(C(=O)CN(C)[C@@H](C)c3ccc(S(N)(=O)=O)cc3)[C@@H](c3ccco3)C2)cc1. The van der Waals surface area contributed by atoms with Crippen molar-refractivity contribution in [2.45, 2.75) is 30.3 Å². The second kappa shape index (κ2) is 10.0. The van der Waals surface area contributed by atoms with Gasteiger partial charge >= 0.3 is 0 Å². The Balaban J connectivity index is 1.52. The number of hydrogen-bond acceptors (Lipinski definition) is 7. The maximum Gasteiger partial charge on any atom is 0.257 e. The number of benzene rings is 2. The number of rotatable bonds is 8. The van der Waals surface area contributed by atoms with Gasteiger partial charge in [0, 0.05) is 12.5 Å². The molecule has 0 radical (unpaired) electrons. The Labute approximate surface area is 204 Å². The summed E-state index contributed by atoms with van der Waals surface area (Å²) in [5, 5.41) is 11.3. The van der Waals surface area contributed by atoms with E-state index in [0.717, 1.165) is 22.6 Å². The third kappa shape index (κ3) is 5.45. The third-order valence-corrected chi connectivity index (χ3v) is 7.13. The number of hydrogen-bond donors (Lipinski definition) is 1. The fourth-order valence-corrected chi connectivity index (χ4v) is 4.53. The molecular formula is C25H28N4O5S. The third-order valence-electron chi connectivity index (χ3n) is 6.20. The highest BCUT2D eigenvalue weighted by molar-refractivity contribution is 7.89. The summed E-state index contributed by atoms with van der Waals surface area (Å²) in [6, 6.07) is 17.1. The van der Waals surface area contributed by atoms with Crippen molar-refractivity contribution in [2.75, 3.05) is 20.7 Å². The van der Waals surface area contributed by atoms with Crippen LogP contribution >= 0.6 is 0 Å². The number of furan rings is 1. The van der Waals surface area contributed by atoms with Gasteiger partial charge in [0.25, 0.3) is 5.91 Å². The Bertz CT molecular complexity index is 1300. The number of nitrogens with zero attached hydrogens (tertiary/aromatic N) is 3. The van der Waals surface area contributed by atoms with Gasteiger partial charge in [-0.2, -0.15) is 5.10 Å². The van der Waals surface area contributed by atoms with E-state index in [1.54, 1.807) is 31.6 Å². The number of primary sulfonamides is 1. The molecule has 10 heteroatoms. The second-order valence-electron chi connectivity index (χ2n) is 8.45. The van der Waals surface area contributed by atoms with Crippen LogP contribution in [-0.2, 0) is 14.8 Å². The lowest BCUT2D eigenvalue weighted by atomic mass is 10.0. The minimum atomic E-state index is -3.76. The average Bonchev–Trinajstić information content (AvgIpc) is 3.53. The zero-order valence-corrected chi connectivity index (χ0v) is 20.6. The van der Waals surface area contributed by atoms with E-state index in [1.165, 1.54) is 17.1 Å². The number of methoxy groups -OCH3 is 1. The lowest BCUT2D eigenvalue weighted by molar-refractivity contribution is -0.134. The highest BCUT2D eigenvalue weighted by Crippen LogP contribution is 2.34. The predicted molar refractivity (Wildman–Crippen MR) is 131 cm³/mol. The van der Waals surface area contributed by atoms with Crippen LogP contribution in [0, 0.1) is 0 Å². The quantitative estimate of drug-likeness (QED) is 0.511. The molecule has 1 aromatic heterocycles. The van der Waals surface area contributed by atoms with E-state index in [9.17, 15) is 13.2 Å². The van der Waals surface area contributed by atoms with Crippen LogP contribution in [0.5, 0.6) is 5.75 Å². The first kappa shape index (κ1) is 24.6. The van der Waals surface area contributed by atoms with Crippen molar-refractivity contribution < 1.29 is 22.4 Å². The van der Waals surface area contributed by atoms with Crippen LogP contribution in [0.3, 0.4) is 0 Å². The first-order valence-electron chi connectivity index (χ1n) is 11.1. The summed E-state index contributed by atoms with van der Waals surface area (Å²) in [5.41, 5.74) is 2.56. The molecule has 2 aromatic carbocycles. The fourth-order valence-electron chi connectivity index (χ4n) is 4.01. The molecule has 2 atom stereocenters. The van der Waals surface area contributed by atoms with E-state index in [4.69, 9.17) is 14.3 Å². The lowest BCUT2D eigenvalue weighted by Crippen LogP contribution is -2.37. The number of amides is 1. The number of carbonyl (C=O) groups excluding carboxylic acids is 1. The molecule has 1 aliphatic heterocycles. The fraction of sp³-hybridized carbons (Fsp3) is 0.280. The van der Waals surface area contributed by atoms with E-state index >= 15 is 0 Å². The van der Waals surface area contributed by atoms with Crippen LogP contribution < -0.4 is 9.88 Å². The molecule has 2 heterocycles. The topological polar surface area (TPSA) is 118 Å². The number of carbonyl (C=O) groups is 1. The molecule has 0 saturated carbocycles. The Morgan fingerprint density at radius 2 is 1.89 bits per heavy atom. The number of hydrazone groups is 1. The van der Waals surface area contributed by atoms with Crippen molar-refractivity contribution in [3.05, 3.63) is 83.8 Å². The van der Waals surface area contributed by atoms with Gasteiger partial charge in [-0.15, -0.1) is 0 Å². The molecule has 0 spiro atoms. The van der Waals surface area contributed by atoms with Crippen molar-refractivity contribution in [1.29, 1.82) is 0 Å². The van der Waals surface area contributed by atoms with E-state index in [1.807, 2.05) is 49.2 Å². The highest BCUT2D eigenvalue weighted by atomic mass is 32.2. The van der Waals surface area contributed by atoms with Crippen molar-refractivity contribution >= 4 is 21.6 Å². The average molecular weight is 497 g/mol. The van der Waals surface area contributed by atoms with Crippen molar-refractivity contribution in [3.63, 3.8) is 0 Å². The molecule has 9 nitrogen and oxygen atoms in total. The van der Waals surface area contributed by atoms with Crippen molar-refractivity contribution in [1.82, 2.24) is 9.91 Å². The monoisotopic (exact) mass is 496 g/mol. The Hall–Kier alpha value is -3.47. The van der Waals surface area contributed by atoms with Gasteiger partial charge < -0.3 is 9.15 Å². The zero-order chi connectivity index (χ0) is 25.2. The van der Waals surface area contributed by atoms with Gasteiger partial charge in [-0.05, 0) is 73.6 Å². The predicted octanol–water partition coefficient (Wildman–Crippen LogP) is 3.31. The molecule has 4 rings (SSSR count). The first-order chi connectivity index (χ1) is 16.7. The molecule has 1 amide bonds. The van der Waals surface area contributed by atoms with Gasteiger partial charge in [-0.3, -0.25) is 9.69 Å². The zero-order valence-electron chi connectivity index (χ0n) is 19.8. The standard InChI is InChI=1S/C25H28N4O5S/c1-17(18-8-12-21(13-9-18)35(26,31)32)28(2)16-25(30)29-23(24-5-4-14-34-24)15-22(27-29)19-6-10-20(33-3)11-7-19/h4-14,17,23H,15-16H2,1-3H3,(H2,26,31,32)/t17-,23+/m0/s1. The molecular weight excluding hydrogens is 468 g/mol. The molecule has 0 bridgehead atoms. The number of sulfonamides is 1. The summed E-state index contributed by atoms with van der Waals surface area (Å²) >= 11 is 0. The minimum absolute atomic E-state index is 0.0472. The van der Waals surface area contributed by atoms with Gasteiger partial charge in [-0.1, -0.05) is 12.1 Å². The summed E-state index contributed by atoms with van der Waals surface area (Å²) in [4.78, 5) is 15.3. The largest absolute Gasteiger partial charge is 0.497 e. The van der Waals surface area contributed by atoms with Gasteiger partial charge in [-0.25, -0.2) is 18.6 Å².